The Bertz CT molecular complexity index is 555. The van der Waals surface area contributed by atoms with E-state index in [2.05, 4.69) is 44.1 Å². The molecule has 0 aromatic carbocycles. The highest BCUT2D eigenvalue weighted by molar-refractivity contribution is 9.10. The minimum Gasteiger partial charge on any atom is -0.308 e. The van der Waals surface area contributed by atoms with Gasteiger partial charge in [-0.3, -0.25) is 4.40 Å². The first-order valence-corrected chi connectivity index (χ1v) is 6.14. The number of rotatable bonds is 4. The molecule has 2 aromatic heterocycles. The summed E-state index contributed by atoms with van der Waals surface area (Å²) >= 11 is 3.35. The van der Waals surface area contributed by atoms with Gasteiger partial charge in [-0.15, -0.1) is 12.3 Å². The minimum absolute atomic E-state index is 0.302. The maximum atomic E-state index is 5.27. The van der Waals surface area contributed by atoms with Crippen LogP contribution in [0.5, 0.6) is 0 Å². The van der Waals surface area contributed by atoms with Crippen LogP contribution in [0, 0.1) is 12.3 Å². The maximum Gasteiger partial charge on any atom is 0.155 e. The third-order valence-corrected chi connectivity index (χ3v) is 2.91. The SMILES string of the molecule is C#CCC(C)NCc1cnc2cnc(Br)cn12. The van der Waals surface area contributed by atoms with Crippen LogP contribution in [-0.4, -0.2) is 20.4 Å². The summed E-state index contributed by atoms with van der Waals surface area (Å²) in [5.74, 6) is 2.64. The smallest absolute Gasteiger partial charge is 0.155 e. The van der Waals surface area contributed by atoms with Crippen molar-refractivity contribution in [3.8, 4) is 12.3 Å². The molecule has 0 saturated carbocycles. The Labute approximate surface area is 109 Å². The summed E-state index contributed by atoms with van der Waals surface area (Å²) in [6.07, 6.45) is 11.5. The van der Waals surface area contributed by atoms with Crippen molar-refractivity contribution in [3.63, 3.8) is 0 Å². The van der Waals surface area contributed by atoms with Crippen molar-refractivity contribution in [2.45, 2.75) is 25.9 Å². The van der Waals surface area contributed by atoms with E-state index in [4.69, 9.17) is 6.42 Å². The standard InChI is InChI=1S/C12H13BrN4/c1-3-4-9(2)14-5-10-6-16-12-7-15-11(13)8-17(10)12/h1,6-9,14H,4-5H2,2H3. The van der Waals surface area contributed by atoms with Crippen molar-refractivity contribution >= 4 is 21.6 Å². The van der Waals surface area contributed by atoms with Crippen molar-refractivity contribution < 1.29 is 0 Å². The Morgan fingerprint density at radius 1 is 1.53 bits per heavy atom. The van der Waals surface area contributed by atoms with Gasteiger partial charge in [0.25, 0.3) is 0 Å². The third kappa shape index (κ3) is 2.84. The number of halogens is 1. The van der Waals surface area contributed by atoms with Crippen LogP contribution in [-0.2, 0) is 6.54 Å². The summed E-state index contributed by atoms with van der Waals surface area (Å²) in [6, 6.07) is 0.302. The Hall–Kier alpha value is -1.38. The van der Waals surface area contributed by atoms with Gasteiger partial charge < -0.3 is 5.32 Å². The number of fused-ring (bicyclic) bond motifs is 1. The molecule has 2 rings (SSSR count). The highest BCUT2D eigenvalue weighted by atomic mass is 79.9. The van der Waals surface area contributed by atoms with E-state index in [1.807, 2.05) is 16.8 Å². The van der Waals surface area contributed by atoms with Gasteiger partial charge in [-0.2, -0.15) is 0 Å². The molecular weight excluding hydrogens is 280 g/mol. The molecule has 88 valence electrons. The normalized spacial score (nSPS) is 12.5. The summed E-state index contributed by atoms with van der Waals surface area (Å²) in [7, 11) is 0. The minimum atomic E-state index is 0.302. The van der Waals surface area contributed by atoms with Crippen molar-refractivity contribution in [2.24, 2.45) is 0 Å². The van der Waals surface area contributed by atoms with Gasteiger partial charge in [0.1, 0.15) is 4.60 Å². The molecule has 2 aromatic rings. The zero-order valence-electron chi connectivity index (χ0n) is 9.52. The van der Waals surface area contributed by atoms with E-state index < -0.39 is 0 Å². The molecule has 17 heavy (non-hydrogen) atoms. The average Bonchev–Trinajstić information content (AvgIpc) is 2.69. The Balaban J connectivity index is 2.14. The van der Waals surface area contributed by atoms with E-state index in [1.165, 1.54) is 0 Å². The summed E-state index contributed by atoms with van der Waals surface area (Å²) in [5, 5.41) is 3.36. The summed E-state index contributed by atoms with van der Waals surface area (Å²) in [4.78, 5) is 8.41. The number of nitrogens with one attached hydrogen (secondary N) is 1. The van der Waals surface area contributed by atoms with Crippen LogP contribution in [0.1, 0.15) is 19.0 Å². The molecule has 1 atom stereocenters. The highest BCUT2D eigenvalue weighted by Gasteiger charge is 2.05. The Morgan fingerprint density at radius 3 is 3.12 bits per heavy atom. The van der Waals surface area contributed by atoms with E-state index in [-0.39, 0.29) is 0 Å². The lowest BCUT2D eigenvalue weighted by molar-refractivity contribution is 0.551. The van der Waals surface area contributed by atoms with Gasteiger partial charge in [0.15, 0.2) is 5.65 Å². The van der Waals surface area contributed by atoms with Crippen molar-refractivity contribution in [2.75, 3.05) is 0 Å². The second kappa shape index (κ2) is 5.30. The van der Waals surface area contributed by atoms with Crippen LogP contribution in [0.2, 0.25) is 0 Å². The fraction of sp³-hybridized carbons (Fsp3) is 0.333. The van der Waals surface area contributed by atoms with E-state index in [9.17, 15) is 0 Å². The summed E-state index contributed by atoms with van der Waals surface area (Å²) in [5.41, 5.74) is 1.93. The predicted molar refractivity (Wildman–Crippen MR) is 70.4 cm³/mol. The molecule has 0 radical (unpaired) electrons. The molecule has 0 bridgehead atoms. The molecule has 2 heterocycles. The lowest BCUT2D eigenvalue weighted by atomic mass is 10.2. The fourth-order valence-electron chi connectivity index (χ4n) is 1.57. The predicted octanol–water partition coefficient (Wildman–Crippen LogP) is 1.99. The number of nitrogens with zero attached hydrogens (tertiary/aromatic N) is 3. The molecule has 1 N–H and O–H groups in total. The number of imidazole rings is 1. The second-order valence-electron chi connectivity index (χ2n) is 3.88. The summed E-state index contributed by atoms with van der Waals surface area (Å²) in [6.45, 7) is 2.81. The van der Waals surface area contributed by atoms with Crippen molar-refractivity contribution in [3.05, 3.63) is 28.9 Å². The molecule has 0 fully saturated rings. The molecule has 0 spiro atoms. The van der Waals surface area contributed by atoms with Crippen LogP contribution >= 0.6 is 15.9 Å². The molecule has 0 aliphatic carbocycles. The molecule has 0 aliphatic rings. The highest BCUT2D eigenvalue weighted by Crippen LogP contribution is 2.10. The van der Waals surface area contributed by atoms with Crippen molar-refractivity contribution in [1.82, 2.24) is 19.7 Å². The molecule has 1 unspecified atom stereocenters. The third-order valence-electron chi connectivity index (χ3n) is 2.50. The lowest BCUT2D eigenvalue weighted by Crippen LogP contribution is -2.25. The largest absolute Gasteiger partial charge is 0.308 e. The molecule has 0 amide bonds. The molecule has 5 heteroatoms. The van der Waals surface area contributed by atoms with Gasteiger partial charge in [0.05, 0.1) is 18.1 Å². The van der Waals surface area contributed by atoms with Gasteiger partial charge in [0, 0.05) is 25.2 Å². The molecule has 0 saturated heterocycles. The molecule has 0 aliphatic heterocycles. The van der Waals surface area contributed by atoms with E-state index in [0.29, 0.717) is 6.04 Å². The first-order valence-electron chi connectivity index (χ1n) is 5.35. The van der Waals surface area contributed by atoms with E-state index in [0.717, 1.165) is 28.9 Å². The topological polar surface area (TPSA) is 42.2 Å². The van der Waals surface area contributed by atoms with Crippen LogP contribution in [0.3, 0.4) is 0 Å². The molecular formula is C12H13BrN4. The first kappa shape index (κ1) is 12.1. The van der Waals surface area contributed by atoms with Gasteiger partial charge in [-0.05, 0) is 22.9 Å². The van der Waals surface area contributed by atoms with Crippen LogP contribution in [0.4, 0.5) is 0 Å². The van der Waals surface area contributed by atoms with Gasteiger partial charge >= 0.3 is 0 Å². The van der Waals surface area contributed by atoms with Crippen LogP contribution in [0.15, 0.2) is 23.2 Å². The zero-order chi connectivity index (χ0) is 12.3. The second-order valence-corrected chi connectivity index (χ2v) is 4.69. The van der Waals surface area contributed by atoms with Crippen LogP contribution in [0.25, 0.3) is 5.65 Å². The maximum absolute atomic E-state index is 5.27. The summed E-state index contributed by atoms with van der Waals surface area (Å²) < 4.78 is 2.80. The van der Waals surface area contributed by atoms with Crippen molar-refractivity contribution in [1.29, 1.82) is 0 Å². The zero-order valence-corrected chi connectivity index (χ0v) is 11.1. The Kier molecular flexibility index (Phi) is 3.77. The average molecular weight is 293 g/mol. The number of hydrogen-bond acceptors (Lipinski definition) is 3. The monoisotopic (exact) mass is 292 g/mol. The van der Waals surface area contributed by atoms with Gasteiger partial charge in [-0.1, -0.05) is 0 Å². The quantitative estimate of drug-likeness (QED) is 0.877. The van der Waals surface area contributed by atoms with Gasteiger partial charge in [-0.25, -0.2) is 9.97 Å². The molecule has 4 nitrogen and oxygen atoms in total. The number of terminal acetylenes is 1. The van der Waals surface area contributed by atoms with E-state index >= 15 is 0 Å². The fourth-order valence-corrected chi connectivity index (χ4v) is 1.88. The van der Waals surface area contributed by atoms with Gasteiger partial charge in [0.2, 0.25) is 0 Å². The van der Waals surface area contributed by atoms with E-state index in [1.54, 1.807) is 6.20 Å². The first-order chi connectivity index (χ1) is 8.20. The van der Waals surface area contributed by atoms with Crippen LogP contribution < -0.4 is 5.32 Å². The number of hydrogen-bond donors (Lipinski definition) is 1. The Morgan fingerprint density at radius 2 is 2.35 bits per heavy atom. The lowest BCUT2D eigenvalue weighted by Gasteiger charge is -2.10. The number of aromatic nitrogens is 3.